The van der Waals surface area contributed by atoms with Gasteiger partial charge in [-0.1, -0.05) is 6.92 Å². The molecule has 130 valence electrons. The summed E-state index contributed by atoms with van der Waals surface area (Å²) in [7, 11) is 0. The Labute approximate surface area is 143 Å². The molecule has 1 fully saturated rings. The Bertz CT molecular complexity index is 471. The molecule has 1 aromatic heterocycles. The van der Waals surface area contributed by atoms with Crippen LogP contribution in [0.25, 0.3) is 0 Å². The fraction of sp³-hybridized carbons (Fsp3) is 0.750. The molecule has 0 aromatic carbocycles. The van der Waals surface area contributed by atoms with Crippen molar-refractivity contribution in [3.8, 4) is 0 Å². The number of hydrogen-bond donors (Lipinski definition) is 2. The zero-order valence-electron chi connectivity index (χ0n) is 14.3. The van der Waals surface area contributed by atoms with Gasteiger partial charge in [-0.15, -0.1) is 11.3 Å². The SMILES string of the molecule is CCNC(=NCc1ncc(CC)s1)NCCCN1CCOCC1. The van der Waals surface area contributed by atoms with Gasteiger partial charge in [0, 0.05) is 37.3 Å². The van der Waals surface area contributed by atoms with Crippen molar-refractivity contribution >= 4 is 17.3 Å². The van der Waals surface area contributed by atoms with E-state index in [0.29, 0.717) is 6.54 Å². The van der Waals surface area contributed by atoms with Gasteiger partial charge >= 0.3 is 0 Å². The fourth-order valence-corrected chi connectivity index (χ4v) is 3.19. The first kappa shape index (κ1) is 18.2. The summed E-state index contributed by atoms with van der Waals surface area (Å²) in [6.07, 6.45) is 4.11. The molecular formula is C16H29N5OS. The zero-order valence-corrected chi connectivity index (χ0v) is 15.1. The summed E-state index contributed by atoms with van der Waals surface area (Å²) < 4.78 is 5.37. The van der Waals surface area contributed by atoms with E-state index < -0.39 is 0 Å². The lowest BCUT2D eigenvalue weighted by Gasteiger charge is -2.26. The minimum Gasteiger partial charge on any atom is -0.379 e. The van der Waals surface area contributed by atoms with E-state index in [1.807, 2.05) is 6.20 Å². The van der Waals surface area contributed by atoms with Gasteiger partial charge in [-0.25, -0.2) is 9.98 Å². The van der Waals surface area contributed by atoms with Gasteiger partial charge < -0.3 is 15.4 Å². The van der Waals surface area contributed by atoms with Crippen LogP contribution in [-0.4, -0.2) is 61.8 Å². The van der Waals surface area contributed by atoms with Crippen molar-refractivity contribution in [2.45, 2.75) is 33.2 Å². The Balaban J connectivity index is 1.70. The summed E-state index contributed by atoms with van der Waals surface area (Å²) in [4.78, 5) is 12.8. The second-order valence-electron chi connectivity index (χ2n) is 5.50. The monoisotopic (exact) mass is 339 g/mol. The third-order valence-corrected chi connectivity index (χ3v) is 4.84. The van der Waals surface area contributed by atoms with Crippen LogP contribution in [0.1, 0.15) is 30.2 Å². The molecule has 0 aliphatic carbocycles. The van der Waals surface area contributed by atoms with E-state index in [0.717, 1.165) is 69.7 Å². The number of hydrogen-bond acceptors (Lipinski definition) is 5. The van der Waals surface area contributed by atoms with Gasteiger partial charge in [0.25, 0.3) is 0 Å². The van der Waals surface area contributed by atoms with Gasteiger partial charge in [0.15, 0.2) is 5.96 Å². The molecule has 6 nitrogen and oxygen atoms in total. The summed E-state index contributed by atoms with van der Waals surface area (Å²) in [5.41, 5.74) is 0. The number of guanidine groups is 1. The van der Waals surface area contributed by atoms with E-state index >= 15 is 0 Å². The molecule has 23 heavy (non-hydrogen) atoms. The molecule has 0 amide bonds. The molecule has 0 radical (unpaired) electrons. The van der Waals surface area contributed by atoms with Crippen molar-refractivity contribution in [1.29, 1.82) is 0 Å². The van der Waals surface area contributed by atoms with Crippen LogP contribution in [0.15, 0.2) is 11.2 Å². The predicted molar refractivity (Wildman–Crippen MR) is 96.2 cm³/mol. The summed E-state index contributed by atoms with van der Waals surface area (Å²) in [5, 5.41) is 7.78. The standard InChI is InChI=1S/C16H29N5OS/c1-3-14-12-19-15(23-14)13-20-16(17-4-2)18-6-5-7-21-8-10-22-11-9-21/h12H,3-11,13H2,1-2H3,(H2,17,18,20). The van der Waals surface area contributed by atoms with Gasteiger partial charge in [0.05, 0.1) is 19.8 Å². The maximum atomic E-state index is 5.37. The molecule has 0 bridgehead atoms. The van der Waals surface area contributed by atoms with Crippen molar-refractivity contribution in [3.63, 3.8) is 0 Å². The average Bonchev–Trinajstić information content (AvgIpc) is 3.05. The Hall–Kier alpha value is -1.18. The minimum atomic E-state index is 0.642. The smallest absolute Gasteiger partial charge is 0.191 e. The highest BCUT2D eigenvalue weighted by Gasteiger charge is 2.09. The van der Waals surface area contributed by atoms with E-state index in [9.17, 15) is 0 Å². The molecule has 1 saturated heterocycles. The first-order valence-electron chi connectivity index (χ1n) is 8.57. The predicted octanol–water partition coefficient (Wildman–Crippen LogP) is 1.48. The van der Waals surface area contributed by atoms with Crippen LogP contribution in [-0.2, 0) is 17.7 Å². The summed E-state index contributed by atoms with van der Waals surface area (Å²) in [6, 6.07) is 0. The molecule has 0 saturated carbocycles. The number of ether oxygens (including phenoxy) is 1. The topological polar surface area (TPSA) is 61.8 Å². The maximum Gasteiger partial charge on any atom is 0.191 e. The van der Waals surface area contributed by atoms with E-state index in [1.54, 1.807) is 11.3 Å². The highest BCUT2D eigenvalue weighted by Crippen LogP contribution is 2.13. The first-order chi connectivity index (χ1) is 11.3. The Kier molecular flexibility index (Phi) is 8.35. The number of aromatic nitrogens is 1. The molecule has 2 N–H and O–H groups in total. The van der Waals surface area contributed by atoms with Gasteiger partial charge in [0.2, 0.25) is 0 Å². The van der Waals surface area contributed by atoms with E-state index in [1.165, 1.54) is 4.88 Å². The average molecular weight is 340 g/mol. The normalized spacial score (nSPS) is 16.5. The van der Waals surface area contributed by atoms with E-state index in [-0.39, 0.29) is 0 Å². The van der Waals surface area contributed by atoms with Crippen LogP contribution in [0.3, 0.4) is 0 Å². The number of rotatable bonds is 8. The van der Waals surface area contributed by atoms with Crippen LogP contribution >= 0.6 is 11.3 Å². The van der Waals surface area contributed by atoms with Gasteiger partial charge in [-0.05, 0) is 26.3 Å². The molecular weight excluding hydrogens is 310 g/mol. The van der Waals surface area contributed by atoms with Crippen LogP contribution in [0, 0.1) is 0 Å². The highest BCUT2D eigenvalue weighted by molar-refractivity contribution is 7.11. The summed E-state index contributed by atoms with van der Waals surface area (Å²) in [6.45, 7) is 11.6. The molecule has 0 atom stereocenters. The summed E-state index contributed by atoms with van der Waals surface area (Å²) in [5.74, 6) is 0.878. The molecule has 1 aliphatic heterocycles. The number of nitrogens with one attached hydrogen (secondary N) is 2. The Morgan fingerprint density at radius 1 is 1.35 bits per heavy atom. The van der Waals surface area contributed by atoms with Crippen molar-refractivity contribution in [2.24, 2.45) is 4.99 Å². The lowest BCUT2D eigenvalue weighted by molar-refractivity contribution is 0.0376. The Morgan fingerprint density at radius 2 is 2.17 bits per heavy atom. The van der Waals surface area contributed by atoms with Crippen molar-refractivity contribution in [1.82, 2.24) is 20.5 Å². The second kappa shape index (κ2) is 10.6. The number of morpholine rings is 1. The van der Waals surface area contributed by atoms with Gasteiger partial charge in [-0.2, -0.15) is 0 Å². The van der Waals surface area contributed by atoms with Crippen molar-refractivity contribution in [3.05, 3.63) is 16.1 Å². The van der Waals surface area contributed by atoms with E-state index in [2.05, 4.69) is 39.4 Å². The van der Waals surface area contributed by atoms with Crippen LogP contribution < -0.4 is 10.6 Å². The third-order valence-electron chi connectivity index (χ3n) is 3.71. The maximum absolute atomic E-state index is 5.37. The van der Waals surface area contributed by atoms with Crippen LogP contribution in [0.4, 0.5) is 0 Å². The lowest BCUT2D eigenvalue weighted by Crippen LogP contribution is -2.40. The minimum absolute atomic E-state index is 0.642. The molecule has 2 heterocycles. The fourth-order valence-electron chi connectivity index (χ4n) is 2.41. The highest BCUT2D eigenvalue weighted by atomic mass is 32.1. The van der Waals surface area contributed by atoms with Crippen molar-refractivity contribution < 1.29 is 4.74 Å². The molecule has 1 aromatic rings. The van der Waals surface area contributed by atoms with Gasteiger partial charge in [-0.3, -0.25) is 4.90 Å². The first-order valence-corrected chi connectivity index (χ1v) is 9.39. The zero-order chi connectivity index (χ0) is 16.3. The van der Waals surface area contributed by atoms with Crippen LogP contribution in [0.5, 0.6) is 0 Å². The largest absolute Gasteiger partial charge is 0.379 e. The Morgan fingerprint density at radius 3 is 2.87 bits per heavy atom. The quantitative estimate of drug-likeness (QED) is 0.427. The number of nitrogens with zero attached hydrogens (tertiary/aromatic N) is 3. The lowest BCUT2D eigenvalue weighted by atomic mass is 10.3. The number of thiazole rings is 1. The van der Waals surface area contributed by atoms with Gasteiger partial charge in [0.1, 0.15) is 5.01 Å². The molecule has 0 unspecified atom stereocenters. The molecule has 2 rings (SSSR count). The summed E-state index contributed by atoms with van der Waals surface area (Å²) >= 11 is 1.75. The molecule has 7 heteroatoms. The second-order valence-corrected chi connectivity index (χ2v) is 6.70. The number of aliphatic imine (C=N–C) groups is 1. The molecule has 0 spiro atoms. The molecule has 1 aliphatic rings. The van der Waals surface area contributed by atoms with Crippen LogP contribution in [0.2, 0.25) is 0 Å². The van der Waals surface area contributed by atoms with Crippen molar-refractivity contribution in [2.75, 3.05) is 45.9 Å². The van der Waals surface area contributed by atoms with E-state index in [4.69, 9.17) is 4.74 Å². The third kappa shape index (κ3) is 6.85. The number of aryl methyl sites for hydroxylation is 1.